The van der Waals surface area contributed by atoms with Gasteiger partial charge in [0.15, 0.2) is 0 Å². The summed E-state index contributed by atoms with van der Waals surface area (Å²) in [6, 6.07) is 16.7. The highest BCUT2D eigenvalue weighted by atomic mass is 16.5. The minimum absolute atomic E-state index is 0.0375. The minimum atomic E-state index is -0.868. The molecular formula is C24H27NO3. The molecule has 0 spiro atoms. The average Bonchev–Trinajstić information content (AvgIpc) is 2.71. The van der Waals surface area contributed by atoms with Crippen LogP contribution >= 0.6 is 0 Å². The zero-order valence-corrected chi connectivity index (χ0v) is 16.4. The molecule has 2 fully saturated rings. The maximum atomic E-state index is 12.5. The van der Waals surface area contributed by atoms with Crippen LogP contribution in [-0.4, -0.2) is 41.1 Å². The Morgan fingerprint density at radius 1 is 1.18 bits per heavy atom. The Morgan fingerprint density at radius 3 is 2.79 bits per heavy atom. The molecule has 0 radical (unpaired) electrons. The van der Waals surface area contributed by atoms with Crippen molar-refractivity contribution in [2.24, 2.45) is 0 Å². The van der Waals surface area contributed by atoms with Crippen molar-refractivity contribution in [2.45, 2.75) is 55.7 Å². The van der Waals surface area contributed by atoms with E-state index < -0.39 is 11.0 Å². The summed E-state index contributed by atoms with van der Waals surface area (Å²) in [7, 11) is 1.67. The third-order valence-electron chi connectivity index (χ3n) is 7.40. The van der Waals surface area contributed by atoms with Crippen LogP contribution in [0.25, 0.3) is 0 Å². The SMILES string of the molecule is COc1ccc2c(c1)C13CCN(Cc4ccccc4)[C@H](C2)[C@]1(O)CCC(=O)C3. The first-order valence-corrected chi connectivity index (χ1v) is 10.3. The number of rotatable bonds is 3. The van der Waals surface area contributed by atoms with Crippen LogP contribution < -0.4 is 4.74 Å². The largest absolute Gasteiger partial charge is 0.497 e. The highest BCUT2D eigenvalue weighted by Crippen LogP contribution is 2.58. The van der Waals surface area contributed by atoms with Gasteiger partial charge in [0.25, 0.3) is 0 Å². The Hall–Kier alpha value is -2.17. The summed E-state index contributed by atoms with van der Waals surface area (Å²) in [6.07, 6.45) is 3.10. The van der Waals surface area contributed by atoms with Gasteiger partial charge in [0.05, 0.1) is 12.7 Å². The highest BCUT2D eigenvalue weighted by molar-refractivity contribution is 5.82. The molecule has 3 atom stereocenters. The molecule has 2 aromatic carbocycles. The maximum Gasteiger partial charge on any atom is 0.134 e. The fourth-order valence-corrected chi connectivity index (χ4v) is 6.01. The standard InChI is InChI=1S/C24H27NO3/c1-28-20-8-7-18-13-22-24(27)10-9-19(26)15-23(24,21(18)14-20)11-12-25(22)16-17-5-3-2-4-6-17/h2-8,14,22,27H,9-13,15-16H2,1H3/t22-,23?,24-/m1/s1. The van der Waals surface area contributed by atoms with Crippen LogP contribution in [0.4, 0.5) is 0 Å². The maximum absolute atomic E-state index is 12.5. The quantitative estimate of drug-likeness (QED) is 0.892. The summed E-state index contributed by atoms with van der Waals surface area (Å²) in [4.78, 5) is 15.0. The number of hydrogen-bond acceptors (Lipinski definition) is 4. The number of fused-ring (bicyclic) bond motifs is 1. The number of ether oxygens (including phenoxy) is 1. The first-order valence-electron chi connectivity index (χ1n) is 10.3. The number of likely N-dealkylation sites (tertiary alicyclic amines) is 1. The van der Waals surface area contributed by atoms with E-state index in [1.807, 2.05) is 12.1 Å². The van der Waals surface area contributed by atoms with E-state index in [0.29, 0.717) is 19.3 Å². The molecule has 146 valence electrons. The molecule has 0 amide bonds. The van der Waals surface area contributed by atoms with Crippen LogP contribution in [0.15, 0.2) is 48.5 Å². The molecule has 1 N–H and O–H groups in total. The lowest BCUT2D eigenvalue weighted by Gasteiger charge is -2.63. The third kappa shape index (κ3) is 2.48. The number of hydrogen-bond donors (Lipinski definition) is 1. The van der Waals surface area contributed by atoms with Gasteiger partial charge in [-0.1, -0.05) is 36.4 Å². The predicted molar refractivity (Wildman–Crippen MR) is 107 cm³/mol. The molecule has 2 bridgehead atoms. The average molecular weight is 377 g/mol. The zero-order valence-electron chi connectivity index (χ0n) is 16.4. The van der Waals surface area contributed by atoms with Crippen molar-refractivity contribution in [1.29, 1.82) is 0 Å². The van der Waals surface area contributed by atoms with E-state index in [9.17, 15) is 9.90 Å². The monoisotopic (exact) mass is 377 g/mol. The van der Waals surface area contributed by atoms with Crippen molar-refractivity contribution in [2.75, 3.05) is 13.7 Å². The summed E-state index contributed by atoms with van der Waals surface area (Å²) in [5.41, 5.74) is 2.31. The molecule has 4 heteroatoms. The summed E-state index contributed by atoms with van der Waals surface area (Å²) in [6.45, 7) is 1.73. The highest BCUT2D eigenvalue weighted by Gasteiger charge is 2.64. The van der Waals surface area contributed by atoms with Gasteiger partial charge in [-0.25, -0.2) is 0 Å². The zero-order chi connectivity index (χ0) is 19.4. The van der Waals surface area contributed by atoms with Crippen LogP contribution in [0.5, 0.6) is 5.75 Å². The molecule has 1 saturated carbocycles. The second-order valence-corrected chi connectivity index (χ2v) is 8.67. The van der Waals surface area contributed by atoms with Crippen LogP contribution in [0.1, 0.15) is 42.4 Å². The molecule has 5 rings (SSSR count). The number of aliphatic hydroxyl groups is 1. The molecule has 0 aromatic heterocycles. The summed E-state index contributed by atoms with van der Waals surface area (Å²) in [5.74, 6) is 1.08. The topological polar surface area (TPSA) is 49.8 Å². The van der Waals surface area contributed by atoms with Gasteiger partial charge in [-0.3, -0.25) is 9.69 Å². The number of benzene rings is 2. The Labute approximate surface area is 166 Å². The van der Waals surface area contributed by atoms with Crippen molar-refractivity contribution in [3.8, 4) is 5.75 Å². The number of ketones is 1. The Balaban J connectivity index is 1.60. The number of methoxy groups -OCH3 is 1. The Bertz CT molecular complexity index is 911. The van der Waals surface area contributed by atoms with E-state index in [1.54, 1.807) is 7.11 Å². The lowest BCUT2D eigenvalue weighted by Crippen LogP contribution is -2.73. The van der Waals surface area contributed by atoms with E-state index in [2.05, 4.69) is 41.3 Å². The fraction of sp³-hybridized carbons (Fsp3) is 0.458. The van der Waals surface area contributed by atoms with Crippen molar-refractivity contribution in [3.05, 3.63) is 65.2 Å². The molecule has 3 aliphatic rings. The number of carbonyl (C=O) groups excluding carboxylic acids is 1. The lowest BCUT2D eigenvalue weighted by molar-refractivity contribution is -0.174. The number of carbonyl (C=O) groups is 1. The first-order chi connectivity index (χ1) is 13.6. The Morgan fingerprint density at radius 2 is 2.00 bits per heavy atom. The van der Waals surface area contributed by atoms with Crippen molar-refractivity contribution in [3.63, 3.8) is 0 Å². The van der Waals surface area contributed by atoms with E-state index in [0.717, 1.165) is 37.2 Å². The molecule has 1 aliphatic heterocycles. The van der Waals surface area contributed by atoms with Crippen molar-refractivity contribution in [1.82, 2.24) is 4.90 Å². The van der Waals surface area contributed by atoms with Crippen LogP contribution in [-0.2, 0) is 23.2 Å². The molecule has 2 aromatic rings. The van der Waals surface area contributed by atoms with E-state index in [-0.39, 0.29) is 11.8 Å². The number of nitrogens with zero attached hydrogens (tertiary/aromatic N) is 1. The molecule has 1 unspecified atom stereocenters. The van der Waals surface area contributed by atoms with E-state index >= 15 is 0 Å². The van der Waals surface area contributed by atoms with Gasteiger partial charge < -0.3 is 9.84 Å². The molecule has 28 heavy (non-hydrogen) atoms. The van der Waals surface area contributed by atoms with Gasteiger partial charge in [0, 0.05) is 30.8 Å². The minimum Gasteiger partial charge on any atom is -0.497 e. The molecule has 2 aliphatic carbocycles. The second-order valence-electron chi connectivity index (χ2n) is 8.67. The first kappa shape index (κ1) is 17.9. The summed E-state index contributed by atoms with van der Waals surface area (Å²) < 4.78 is 5.48. The molecule has 1 heterocycles. The Kier molecular flexibility index (Phi) is 4.11. The third-order valence-corrected chi connectivity index (χ3v) is 7.40. The van der Waals surface area contributed by atoms with Crippen LogP contribution in [0.2, 0.25) is 0 Å². The van der Waals surface area contributed by atoms with E-state index in [4.69, 9.17) is 4.74 Å². The summed E-state index contributed by atoms with van der Waals surface area (Å²) in [5, 5.41) is 12.1. The summed E-state index contributed by atoms with van der Waals surface area (Å²) >= 11 is 0. The normalized spacial score (nSPS) is 31.8. The van der Waals surface area contributed by atoms with E-state index in [1.165, 1.54) is 11.1 Å². The van der Waals surface area contributed by atoms with Crippen LogP contribution in [0.3, 0.4) is 0 Å². The smallest absolute Gasteiger partial charge is 0.134 e. The fourth-order valence-electron chi connectivity index (χ4n) is 6.01. The van der Waals surface area contributed by atoms with Gasteiger partial charge in [0.1, 0.15) is 11.5 Å². The van der Waals surface area contributed by atoms with Gasteiger partial charge in [0.2, 0.25) is 0 Å². The molecular weight excluding hydrogens is 350 g/mol. The number of piperidine rings is 1. The predicted octanol–water partition coefficient (Wildman–Crippen LogP) is 3.25. The molecule has 4 nitrogen and oxygen atoms in total. The van der Waals surface area contributed by atoms with Gasteiger partial charge >= 0.3 is 0 Å². The van der Waals surface area contributed by atoms with Gasteiger partial charge in [-0.05, 0) is 54.6 Å². The molecule has 1 saturated heterocycles. The van der Waals surface area contributed by atoms with Gasteiger partial charge in [-0.2, -0.15) is 0 Å². The van der Waals surface area contributed by atoms with Crippen LogP contribution in [0, 0.1) is 0 Å². The second kappa shape index (κ2) is 6.43. The van der Waals surface area contributed by atoms with Crippen molar-refractivity contribution >= 4 is 5.78 Å². The van der Waals surface area contributed by atoms with Gasteiger partial charge in [-0.15, -0.1) is 0 Å². The lowest BCUT2D eigenvalue weighted by atomic mass is 9.49. The number of Topliss-reactive ketones (excluding diaryl/α,β-unsaturated/α-hetero) is 1. The van der Waals surface area contributed by atoms with Crippen molar-refractivity contribution < 1.29 is 14.6 Å².